The Balaban J connectivity index is 1.09. The number of Topliss-reactive ketones (excluding diaryl/α,β-unsaturated/α-hetero) is 3. The molecule has 11 fully saturated rings. The molecule has 6 saturated carbocycles. The summed E-state index contributed by atoms with van der Waals surface area (Å²) in [5, 5.41) is 37.1. The van der Waals surface area contributed by atoms with Crippen molar-refractivity contribution in [3.8, 4) is 0 Å². The van der Waals surface area contributed by atoms with Crippen LogP contribution >= 0.6 is 0 Å². The molecule has 12 heteroatoms. The molecule has 12 nitrogen and oxygen atoms in total. The lowest BCUT2D eigenvalue weighted by Gasteiger charge is -2.78. The Hall–Kier alpha value is -2.03. The molecule has 5 spiro atoms. The van der Waals surface area contributed by atoms with Gasteiger partial charge in [-0.1, -0.05) is 47.1 Å². The molecule has 0 radical (unpaired) electrons. The van der Waals surface area contributed by atoms with Crippen molar-refractivity contribution in [2.45, 2.75) is 174 Å². The number of hydrogen-bond acceptors (Lipinski definition) is 12. The van der Waals surface area contributed by atoms with Gasteiger partial charge in [0, 0.05) is 17.8 Å². The molecule has 15 atom stereocenters. The number of hydrogen-bond donors (Lipinski definition) is 3. The summed E-state index contributed by atoms with van der Waals surface area (Å²) in [6.07, 6.45) is 2.39. The number of fused-ring (bicyclic) bond motifs is 2. The van der Waals surface area contributed by atoms with Crippen molar-refractivity contribution >= 4 is 17.3 Å². The lowest BCUT2D eigenvalue weighted by atomic mass is 9.33. The Kier molecular flexibility index (Phi) is 7.42. The average Bonchev–Trinajstić information content (AvgIpc) is 3.24. The number of allylic oxidation sites excluding steroid dienone is 1. The highest BCUT2D eigenvalue weighted by molar-refractivity contribution is 6.05. The maximum Gasteiger partial charge on any atom is 0.213 e. The predicted molar refractivity (Wildman–Crippen MR) is 208 cm³/mol. The molecule has 0 aromatic rings. The quantitative estimate of drug-likeness (QED) is 0.244. The molecule has 6 aliphatic heterocycles. The minimum atomic E-state index is -1.85. The molecule has 0 aromatic heterocycles. The van der Waals surface area contributed by atoms with Gasteiger partial charge in [0.1, 0.15) is 29.2 Å². The van der Waals surface area contributed by atoms with E-state index in [-0.39, 0.29) is 42.9 Å². The van der Waals surface area contributed by atoms with Gasteiger partial charge in [-0.25, -0.2) is 0 Å². The van der Waals surface area contributed by atoms with Crippen LogP contribution in [0.25, 0.3) is 0 Å². The molecule has 324 valence electrons. The van der Waals surface area contributed by atoms with Crippen molar-refractivity contribution in [2.75, 3.05) is 13.2 Å². The molecule has 6 heterocycles. The van der Waals surface area contributed by atoms with Crippen LogP contribution in [0.3, 0.4) is 0 Å². The molecule has 3 N–H and O–H groups in total. The predicted octanol–water partition coefficient (Wildman–Crippen LogP) is 5.44. The van der Waals surface area contributed by atoms with E-state index in [4.69, 9.17) is 28.4 Å². The van der Waals surface area contributed by atoms with Gasteiger partial charge in [-0.15, -0.1) is 0 Å². The molecule has 13 rings (SSSR count). The number of ether oxygens (including phenoxy) is 6. The van der Waals surface area contributed by atoms with E-state index in [0.717, 1.165) is 12.0 Å². The maximum absolute atomic E-state index is 16.4. The van der Waals surface area contributed by atoms with Gasteiger partial charge < -0.3 is 43.7 Å². The second kappa shape index (κ2) is 11.0. The van der Waals surface area contributed by atoms with E-state index in [1.807, 2.05) is 13.8 Å². The molecular formula is C47H64O12. The minimum Gasteiger partial charge on any atom is -0.483 e. The van der Waals surface area contributed by atoms with Gasteiger partial charge in [0.15, 0.2) is 28.7 Å². The summed E-state index contributed by atoms with van der Waals surface area (Å²) in [5.74, 6) is -8.53. The van der Waals surface area contributed by atoms with E-state index >= 15 is 9.59 Å². The van der Waals surface area contributed by atoms with Crippen LogP contribution in [-0.2, 0) is 42.8 Å². The second-order valence-electron chi connectivity index (χ2n) is 23.4. The molecule has 7 aliphatic carbocycles. The van der Waals surface area contributed by atoms with Crippen molar-refractivity contribution in [1.29, 1.82) is 0 Å². The highest BCUT2D eigenvalue weighted by Crippen LogP contribution is 2.82. The highest BCUT2D eigenvalue weighted by Gasteiger charge is 2.91. The van der Waals surface area contributed by atoms with Crippen molar-refractivity contribution in [1.82, 2.24) is 0 Å². The van der Waals surface area contributed by atoms with Gasteiger partial charge >= 0.3 is 0 Å². The largest absolute Gasteiger partial charge is 0.483 e. The highest BCUT2D eigenvalue weighted by atomic mass is 16.8. The minimum absolute atomic E-state index is 0.0786. The monoisotopic (exact) mass is 820 g/mol. The smallest absolute Gasteiger partial charge is 0.213 e. The number of rotatable bonds is 3. The summed E-state index contributed by atoms with van der Waals surface area (Å²) in [4.78, 5) is 45.9. The van der Waals surface area contributed by atoms with E-state index in [9.17, 15) is 20.1 Å². The summed E-state index contributed by atoms with van der Waals surface area (Å²) in [6.45, 7) is 21.1. The van der Waals surface area contributed by atoms with E-state index in [1.165, 1.54) is 20.8 Å². The number of carbonyl (C=O) groups is 3. The van der Waals surface area contributed by atoms with Gasteiger partial charge in [-0.05, 0) is 120 Å². The second-order valence-corrected chi connectivity index (χ2v) is 23.4. The molecule has 2 unspecified atom stereocenters. The normalized spacial score (nSPS) is 54.2. The molecule has 0 amide bonds. The van der Waals surface area contributed by atoms with Gasteiger partial charge in [0.25, 0.3) is 0 Å². The van der Waals surface area contributed by atoms with Crippen molar-refractivity contribution in [3.05, 3.63) is 23.5 Å². The van der Waals surface area contributed by atoms with Gasteiger partial charge in [-0.2, -0.15) is 0 Å². The van der Waals surface area contributed by atoms with Gasteiger partial charge in [0.2, 0.25) is 11.6 Å². The zero-order valence-electron chi connectivity index (χ0n) is 36.3. The lowest BCUT2D eigenvalue weighted by Crippen LogP contribution is -2.88. The summed E-state index contributed by atoms with van der Waals surface area (Å²) >= 11 is 0. The van der Waals surface area contributed by atoms with E-state index in [1.54, 1.807) is 0 Å². The third-order valence-electron chi connectivity index (χ3n) is 18.8. The van der Waals surface area contributed by atoms with Crippen molar-refractivity contribution in [3.63, 3.8) is 0 Å². The first-order valence-corrected chi connectivity index (χ1v) is 22.5. The van der Waals surface area contributed by atoms with E-state index in [2.05, 4.69) is 34.3 Å². The van der Waals surface area contributed by atoms with E-state index in [0.29, 0.717) is 62.7 Å². The zero-order chi connectivity index (χ0) is 42.3. The SMILES string of the molecule is C=C1C(=O)C23C4OC(C)(C)O[C@]25OC[C@]2(C6=C(CC[C@]7(CC(C)(C)[C@H]8[C@H](O)[C@@]9(OC(C)(C)O)OC[C@]8(C7=O)[C@@H]7CCCC[C@@]79C(C)=O)O6)CC(C)(C)[C@H]2[C@@H]5O)[C@@H]3CC[C@@H]14. The molecule has 13 aliphatic rings. The number of aliphatic hydroxyl groups is 3. The van der Waals surface area contributed by atoms with Gasteiger partial charge in [0.05, 0.1) is 35.6 Å². The first kappa shape index (κ1) is 39.8. The summed E-state index contributed by atoms with van der Waals surface area (Å²) in [5.41, 5.74) is -6.04. The van der Waals surface area contributed by atoms with Crippen LogP contribution in [0.15, 0.2) is 23.5 Å². The van der Waals surface area contributed by atoms with Crippen LogP contribution in [0.1, 0.15) is 127 Å². The summed E-state index contributed by atoms with van der Waals surface area (Å²) in [6, 6.07) is 0. The first-order chi connectivity index (χ1) is 27.3. The summed E-state index contributed by atoms with van der Waals surface area (Å²) < 4.78 is 41.5. The fourth-order valence-corrected chi connectivity index (χ4v) is 18.0. The van der Waals surface area contributed by atoms with Crippen LogP contribution < -0.4 is 0 Å². The molecule has 5 saturated heterocycles. The van der Waals surface area contributed by atoms with Gasteiger partial charge in [-0.3, -0.25) is 14.4 Å². The fourth-order valence-electron chi connectivity index (χ4n) is 18.0. The maximum atomic E-state index is 16.4. The topological polar surface area (TPSA) is 167 Å². The first-order valence-electron chi connectivity index (χ1n) is 22.5. The Morgan fingerprint density at radius 2 is 1.58 bits per heavy atom. The Bertz CT molecular complexity index is 2050. The lowest BCUT2D eigenvalue weighted by molar-refractivity contribution is -0.527. The Morgan fingerprint density at radius 1 is 0.881 bits per heavy atom. The molecule has 0 aromatic carbocycles. The van der Waals surface area contributed by atoms with Crippen LogP contribution in [0.5, 0.6) is 0 Å². The standard InChI is InChI=1S/C47H64O12/c1-23-26-14-15-28-42-21-55-47(45(28,31(23)49)35(26)56-40(9,10)59-47)33(51)29(42)37(3,4)19-25-16-18-41(57-34(25)42)20-38(5,6)30-32(50)46(58-39(7,8)53)44(24(2)48)17-12-11-13-27(44)43(30,22-54-46)36(41)52/h26-30,32-33,35,50-51,53H,1,11-22H2,2-10H3/t26-,27-,28-,29+,30+,32-,33-,35?,41+,42-,43-,44+,45?,46-,47-/m0/s1. The molecule has 6 bridgehead atoms. The number of carbonyl (C=O) groups excluding carboxylic acids is 3. The van der Waals surface area contributed by atoms with Crippen molar-refractivity contribution in [2.24, 2.45) is 62.1 Å². The zero-order valence-corrected chi connectivity index (χ0v) is 36.3. The number of aliphatic hydroxyl groups excluding tert-OH is 2. The number of ketones is 3. The average molecular weight is 821 g/mol. The van der Waals surface area contributed by atoms with Crippen molar-refractivity contribution < 1.29 is 58.1 Å². The summed E-state index contributed by atoms with van der Waals surface area (Å²) in [7, 11) is 0. The van der Waals surface area contributed by atoms with E-state index < -0.39 is 103 Å². The molecular weight excluding hydrogens is 757 g/mol. The van der Waals surface area contributed by atoms with Crippen LogP contribution in [0.4, 0.5) is 0 Å². The molecule has 59 heavy (non-hydrogen) atoms. The Labute approximate surface area is 347 Å². The Morgan fingerprint density at radius 3 is 2.27 bits per heavy atom. The fraction of sp³-hybridized carbons (Fsp3) is 0.851. The van der Waals surface area contributed by atoms with Crippen LogP contribution in [0.2, 0.25) is 0 Å². The van der Waals surface area contributed by atoms with Crippen LogP contribution in [0, 0.1) is 62.1 Å². The third-order valence-corrected chi connectivity index (χ3v) is 18.8. The third kappa shape index (κ3) is 4.00. The van der Waals surface area contributed by atoms with Crippen LogP contribution in [-0.4, -0.2) is 92.9 Å².